The number of esters is 1. The van der Waals surface area contributed by atoms with E-state index in [2.05, 4.69) is 15.3 Å². The summed E-state index contributed by atoms with van der Waals surface area (Å²) in [5.41, 5.74) is 2.56. The monoisotopic (exact) mass is 422 g/mol. The van der Waals surface area contributed by atoms with Crippen molar-refractivity contribution < 1.29 is 14.3 Å². The first kappa shape index (κ1) is 20.5. The van der Waals surface area contributed by atoms with Crippen molar-refractivity contribution in [3.05, 3.63) is 52.6 Å². The SMILES string of the molecule is COC(=O)[C@H](CCSC)NC(=O)N1CCc2[nH]cnc2C1c1ccccc1Cl. The van der Waals surface area contributed by atoms with Crippen molar-refractivity contribution in [3.8, 4) is 0 Å². The fourth-order valence-electron chi connectivity index (χ4n) is 3.37. The van der Waals surface area contributed by atoms with Crippen LogP contribution in [0.15, 0.2) is 30.6 Å². The molecule has 0 bridgehead atoms. The second-order valence-electron chi connectivity index (χ2n) is 6.44. The minimum absolute atomic E-state index is 0.338. The van der Waals surface area contributed by atoms with Gasteiger partial charge in [0, 0.05) is 23.7 Å². The summed E-state index contributed by atoms with van der Waals surface area (Å²) in [5.74, 6) is 0.284. The molecule has 0 fully saturated rings. The number of aromatic amines is 1. The number of nitrogens with one attached hydrogen (secondary N) is 2. The van der Waals surface area contributed by atoms with Gasteiger partial charge in [0.25, 0.3) is 0 Å². The van der Waals surface area contributed by atoms with Crippen molar-refractivity contribution >= 4 is 35.4 Å². The van der Waals surface area contributed by atoms with Crippen LogP contribution in [0.1, 0.15) is 29.4 Å². The van der Waals surface area contributed by atoms with Crippen LogP contribution in [-0.4, -0.2) is 58.6 Å². The highest BCUT2D eigenvalue weighted by Gasteiger charge is 2.36. The molecule has 1 unspecified atom stereocenters. The number of imidazole rings is 1. The number of amides is 2. The van der Waals surface area contributed by atoms with E-state index in [0.29, 0.717) is 24.4 Å². The number of benzene rings is 1. The highest BCUT2D eigenvalue weighted by atomic mass is 35.5. The number of rotatable bonds is 6. The predicted octanol–water partition coefficient (Wildman–Crippen LogP) is 3.01. The Morgan fingerprint density at radius 2 is 2.25 bits per heavy atom. The molecule has 9 heteroatoms. The molecular weight excluding hydrogens is 400 g/mol. The number of halogens is 1. The second kappa shape index (κ2) is 9.34. The molecule has 0 saturated carbocycles. The van der Waals surface area contributed by atoms with Gasteiger partial charge in [0.15, 0.2) is 0 Å². The topological polar surface area (TPSA) is 87.3 Å². The number of urea groups is 1. The number of carbonyl (C=O) groups is 2. The minimum Gasteiger partial charge on any atom is -0.467 e. The van der Waals surface area contributed by atoms with Gasteiger partial charge in [-0.3, -0.25) is 0 Å². The van der Waals surface area contributed by atoms with E-state index in [1.165, 1.54) is 7.11 Å². The molecule has 1 aliphatic heterocycles. The van der Waals surface area contributed by atoms with Crippen molar-refractivity contribution in [2.75, 3.05) is 25.7 Å². The highest BCUT2D eigenvalue weighted by molar-refractivity contribution is 7.98. The number of nitrogens with zero attached hydrogens (tertiary/aromatic N) is 2. The lowest BCUT2D eigenvalue weighted by molar-refractivity contribution is -0.142. The Balaban J connectivity index is 1.89. The maximum absolute atomic E-state index is 13.1. The summed E-state index contributed by atoms with van der Waals surface area (Å²) < 4.78 is 4.85. The minimum atomic E-state index is -0.697. The van der Waals surface area contributed by atoms with Gasteiger partial charge in [0.05, 0.1) is 19.1 Å². The molecule has 0 radical (unpaired) electrons. The first-order valence-corrected chi connectivity index (χ1v) is 10.7. The van der Waals surface area contributed by atoms with Crippen molar-refractivity contribution in [1.82, 2.24) is 20.2 Å². The summed E-state index contributed by atoms with van der Waals surface area (Å²) in [7, 11) is 1.32. The summed E-state index contributed by atoms with van der Waals surface area (Å²) in [6, 6.07) is 5.95. The van der Waals surface area contributed by atoms with Gasteiger partial charge in [-0.1, -0.05) is 29.8 Å². The van der Waals surface area contributed by atoms with Gasteiger partial charge in [-0.25, -0.2) is 14.6 Å². The van der Waals surface area contributed by atoms with Crippen LogP contribution < -0.4 is 5.32 Å². The number of hydrogen-bond acceptors (Lipinski definition) is 5. The van der Waals surface area contributed by atoms with E-state index in [1.54, 1.807) is 29.1 Å². The van der Waals surface area contributed by atoms with E-state index in [-0.39, 0.29) is 6.03 Å². The lowest BCUT2D eigenvalue weighted by atomic mass is 9.96. The van der Waals surface area contributed by atoms with Gasteiger partial charge in [-0.15, -0.1) is 0 Å². The van der Waals surface area contributed by atoms with Gasteiger partial charge in [-0.05, 0) is 30.1 Å². The molecule has 2 heterocycles. The first-order chi connectivity index (χ1) is 13.6. The van der Waals surface area contributed by atoms with Crippen LogP contribution in [-0.2, 0) is 16.0 Å². The van der Waals surface area contributed by atoms with E-state index < -0.39 is 18.1 Å². The van der Waals surface area contributed by atoms with Crippen molar-refractivity contribution in [1.29, 1.82) is 0 Å². The maximum atomic E-state index is 13.1. The van der Waals surface area contributed by atoms with E-state index in [4.69, 9.17) is 16.3 Å². The molecule has 28 heavy (non-hydrogen) atoms. The van der Waals surface area contributed by atoms with Crippen LogP contribution >= 0.6 is 23.4 Å². The van der Waals surface area contributed by atoms with Crippen LogP contribution in [0.25, 0.3) is 0 Å². The van der Waals surface area contributed by atoms with Gasteiger partial charge in [0.1, 0.15) is 12.1 Å². The summed E-state index contributed by atoms with van der Waals surface area (Å²) in [5, 5.41) is 3.40. The molecule has 2 aromatic rings. The number of ether oxygens (including phenoxy) is 1. The summed E-state index contributed by atoms with van der Waals surface area (Å²) >= 11 is 8.04. The highest BCUT2D eigenvalue weighted by Crippen LogP contribution is 2.36. The quantitative estimate of drug-likeness (QED) is 0.699. The number of aromatic nitrogens is 2. The molecular formula is C19H23ClN4O3S. The Labute approximate surface area is 173 Å². The lowest BCUT2D eigenvalue weighted by Gasteiger charge is -2.36. The molecule has 3 rings (SSSR count). The van der Waals surface area contributed by atoms with E-state index in [9.17, 15) is 9.59 Å². The molecule has 150 valence electrons. The molecule has 2 N–H and O–H groups in total. The molecule has 1 aliphatic rings. The average Bonchev–Trinajstić information content (AvgIpc) is 3.19. The predicted molar refractivity (Wildman–Crippen MR) is 110 cm³/mol. The third-order valence-electron chi connectivity index (χ3n) is 4.78. The molecule has 0 saturated heterocycles. The molecule has 2 amide bonds. The molecule has 2 atom stereocenters. The standard InChI is InChI=1S/C19H23ClN4O3S/c1-27-18(25)15(8-10-28-2)23-19(26)24-9-7-14-16(22-11-21-14)17(24)12-5-3-4-6-13(12)20/h3-6,11,15,17H,7-10H2,1-2H3,(H,21,22)(H,23,26)/t15-,17?/m0/s1. The van der Waals surface area contributed by atoms with Crippen LogP contribution in [0, 0.1) is 0 Å². The molecule has 0 aliphatic carbocycles. The Kier molecular flexibility index (Phi) is 6.85. The number of carbonyl (C=O) groups excluding carboxylic acids is 2. The van der Waals surface area contributed by atoms with Crippen LogP contribution in [0.4, 0.5) is 4.79 Å². The third-order valence-corrected chi connectivity index (χ3v) is 5.77. The third kappa shape index (κ3) is 4.28. The zero-order valence-electron chi connectivity index (χ0n) is 15.8. The lowest BCUT2D eigenvalue weighted by Crippen LogP contribution is -2.51. The number of fused-ring (bicyclic) bond motifs is 1. The molecule has 7 nitrogen and oxygen atoms in total. The van der Waals surface area contributed by atoms with Gasteiger partial charge < -0.3 is 19.9 Å². The Morgan fingerprint density at radius 3 is 2.96 bits per heavy atom. The van der Waals surface area contributed by atoms with Crippen LogP contribution in [0.2, 0.25) is 5.02 Å². The fourth-order valence-corrected chi connectivity index (χ4v) is 4.08. The zero-order chi connectivity index (χ0) is 20.1. The van der Waals surface area contributed by atoms with Gasteiger partial charge in [0.2, 0.25) is 0 Å². The Bertz CT molecular complexity index is 844. The molecule has 1 aromatic carbocycles. The number of methoxy groups -OCH3 is 1. The van der Waals surface area contributed by atoms with Crippen LogP contribution in [0.3, 0.4) is 0 Å². The van der Waals surface area contributed by atoms with Crippen molar-refractivity contribution in [3.63, 3.8) is 0 Å². The summed E-state index contributed by atoms with van der Waals surface area (Å²) in [4.78, 5) is 34.5. The number of thioether (sulfide) groups is 1. The Morgan fingerprint density at radius 1 is 1.46 bits per heavy atom. The average molecular weight is 423 g/mol. The Hall–Kier alpha value is -2.19. The van der Waals surface area contributed by atoms with Gasteiger partial charge in [-0.2, -0.15) is 11.8 Å². The number of hydrogen-bond donors (Lipinski definition) is 2. The van der Waals surface area contributed by atoms with Gasteiger partial charge >= 0.3 is 12.0 Å². The van der Waals surface area contributed by atoms with E-state index in [1.807, 2.05) is 24.5 Å². The van der Waals surface area contributed by atoms with E-state index >= 15 is 0 Å². The first-order valence-electron chi connectivity index (χ1n) is 8.97. The fraction of sp³-hybridized carbons (Fsp3) is 0.421. The molecule has 1 aromatic heterocycles. The normalized spacial score (nSPS) is 17.0. The van der Waals surface area contributed by atoms with Crippen molar-refractivity contribution in [2.45, 2.75) is 24.9 Å². The maximum Gasteiger partial charge on any atom is 0.328 e. The zero-order valence-corrected chi connectivity index (χ0v) is 17.3. The van der Waals surface area contributed by atoms with Crippen molar-refractivity contribution in [2.24, 2.45) is 0 Å². The molecule has 0 spiro atoms. The number of H-pyrrole nitrogens is 1. The smallest absolute Gasteiger partial charge is 0.328 e. The largest absolute Gasteiger partial charge is 0.467 e. The second-order valence-corrected chi connectivity index (χ2v) is 7.83. The summed E-state index contributed by atoms with van der Waals surface area (Å²) in [6.07, 6.45) is 4.73. The van der Waals surface area contributed by atoms with E-state index in [0.717, 1.165) is 22.7 Å². The summed E-state index contributed by atoms with van der Waals surface area (Å²) in [6.45, 7) is 0.480. The van der Waals surface area contributed by atoms with Crippen LogP contribution in [0.5, 0.6) is 0 Å².